The van der Waals surface area contributed by atoms with Crippen molar-refractivity contribution in [3.63, 3.8) is 0 Å². The Morgan fingerprint density at radius 2 is 2.22 bits per heavy atom. The smallest absolute Gasteiger partial charge is 0.00554 e. The van der Waals surface area contributed by atoms with Gasteiger partial charge in [0.05, 0.1) is 0 Å². The minimum Gasteiger partial charge on any atom is -0.0767 e. The standard InChI is InChI=1S/C9H10/c1-2-6(1)8-4-3-7-5-9(7)8/h4,6H,1-3,5H2. The van der Waals surface area contributed by atoms with Gasteiger partial charge >= 0.3 is 0 Å². The summed E-state index contributed by atoms with van der Waals surface area (Å²) in [5.74, 6) is 1.01. The highest BCUT2D eigenvalue weighted by Gasteiger charge is 2.37. The predicted molar refractivity (Wildman–Crippen MR) is 37.1 cm³/mol. The Hall–Kier alpha value is -0.520. The Morgan fingerprint density at radius 3 is 2.67 bits per heavy atom. The van der Waals surface area contributed by atoms with Gasteiger partial charge in [0.25, 0.3) is 0 Å². The molecule has 0 aromatic rings. The third-order valence-corrected chi connectivity index (χ3v) is 2.63. The van der Waals surface area contributed by atoms with Crippen molar-refractivity contribution in [2.24, 2.45) is 5.92 Å². The maximum Gasteiger partial charge on any atom is -0.00554 e. The first-order chi connectivity index (χ1) is 4.45. The van der Waals surface area contributed by atoms with E-state index in [1.165, 1.54) is 25.7 Å². The van der Waals surface area contributed by atoms with E-state index in [2.05, 4.69) is 6.08 Å². The second-order valence-electron chi connectivity index (χ2n) is 3.40. The van der Waals surface area contributed by atoms with Crippen LogP contribution in [0, 0.1) is 5.92 Å². The highest BCUT2D eigenvalue weighted by Crippen LogP contribution is 2.53. The summed E-state index contributed by atoms with van der Waals surface area (Å²) in [6, 6.07) is 0. The largest absolute Gasteiger partial charge is 0.0767 e. The van der Waals surface area contributed by atoms with Gasteiger partial charge in [0.1, 0.15) is 0 Å². The summed E-state index contributed by atoms with van der Waals surface area (Å²) in [5.41, 5.74) is 5.24. The van der Waals surface area contributed by atoms with Crippen molar-refractivity contribution in [1.29, 1.82) is 0 Å². The molecule has 0 heterocycles. The summed E-state index contributed by atoms with van der Waals surface area (Å²) in [4.78, 5) is 0. The van der Waals surface area contributed by atoms with Crippen LogP contribution in [0.5, 0.6) is 0 Å². The van der Waals surface area contributed by atoms with Crippen LogP contribution in [-0.2, 0) is 0 Å². The molecule has 3 rings (SSSR count). The molecule has 0 atom stereocenters. The molecule has 0 spiro atoms. The summed E-state index contributed by atoms with van der Waals surface area (Å²) >= 11 is 0. The van der Waals surface area contributed by atoms with Gasteiger partial charge in [-0.3, -0.25) is 0 Å². The van der Waals surface area contributed by atoms with Crippen molar-refractivity contribution in [2.45, 2.75) is 25.7 Å². The summed E-state index contributed by atoms with van der Waals surface area (Å²) < 4.78 is 0. The Morgan fingerprint density at radius 1 is 1.33 bits per heavy atom. The predicted octanol–water partition coefficient (Wildman–Crippen LogP) is 2.43. The van der Waals surface area contributed by atoms with Crippen LogP contribution in [0.15, 0.2) is 22.8 Å². The van der Waals surface area contributed by atoms with Crippen molar-refractivity contribution >= 4 is 0 Å². The van der Waals surface area contributed by atoms with Crippen LogP contribution in [-0.4, -0.2) is 0 Å². The molecular formula is C9H10. The van der Waals surface area contributed by atoms with Gasteiger partial charge in [-0.15, -0.1) is 0 Å². The van der Waals surface area contributed by atoms with E-state index in [0.29, 0.717) is 0 Å². The lowest BCUT2D eigenvalue weighted by Crippen LogP contribution is -1.80. The zero-order chi connectivity index (χ0) is 5.84. The molecule has 0 radical (unpaired) electrons. The van der Waals surface area contributed by atoms with E-state index in [-0.39, 0.29) is 0 Å². The van der Waals surface area contributed by atoms with Gasteiger partial charge in [-0.1, -0.05) is 11.6 Å². The third kappa shape index (κ3) is 0.487. The molecule has 0 N–H and O–H groups in total. The molecule has 0 saturated heterocycles. The number of rotatable bonds is 1. The number of hydrogen-bond donors (Lipinski definition) is 0. The van der Waals surface area contributed by atoms with Crippen LogP contribution in [0.25, 0.3) is 0 Å². The summed E-state index contributed by atoms with van der Waals surface area (Å²) in [5, 5.41) is 0. The van der Waals surface area contributed by atoms with Crippen LogP contribution >= 0.6 is 0 Å². The van der Waals surface area contributed by atoms with Crippen molar-refractivity contribution in [1.82, 2.24) is 0 Å². The van der Waals surface area contributed by atoms with Crippen LogP contribution in [0.2, 0.25) is 0 Å². The molecule has 0 aliphatic heterocycles. The molecule has 1 fully saturated rings. The van der Waals surface area contributed by atoms with Crippen molar-refractivity contribution in [3.05, 3.63) is 22.8 Å². The monoisotopic (exact) mass is 118 g/mol. The fourth-order valence-corrected chi connectivity index (χ4v) is 1.83. The van der Waals surface area contributed by atoms with E-state index in [9.17, 15) is 0 Å². The molecule has 0 bridgehead atoms. The number of allylic oxidation sites excluding steroid dienone is 4. The van der Waals surface area contributed by atoms with E-state index in [0.717, 1.165) is 5.92 Å². The Balaban J connectivity index is 1.97. The average Bonchev–Trinajstić information content (AvgIpc) is 2.74. The third-order valence-electron chi connectivity index (χ3n) is 2.63. The molecule has 0 heteroatoms. The van der Waals surface area contributed by atoms with E-state index >= 15 is 0 Å². The minimum atomic E-state index is 1.01. The summed E-state index contributed by atoms with van der Waals surface area (Å²) in [7, 11) is 0. The van der Waals surface area contributed by atoms with Crippen molar-refractivity contribution in [3.8, 4) is 0 Å². The molecule has 1 saturated carbocycles. The Labute approximate surface area is 55.3 Å². The van der Waals surface area contributed by atoms with Crippen LogP contribution in [0.1, 0.15) is 25.7 Å². The van der Waals surface area contributed by atoms with Gasteiger partial charge in [-0.25, -0.2) is 0 Å². The molecule has 3 aliphatic carbocycles. The molecule has 0 aromatic heterocycles. The average molecular weight is 118 g/mol. The quantitative estimate of drug-likeness (QED) is 0.496. The van der Waals surface area contributed by atoms with Gasteiger partial charge < -0.3 is 0 Å². The molecule has 0 amide bonds. The van der Waals surface area contributed by atoms with E-state index in [1.807, 2.05) is 0 Å². The maximum atomic E-state index is 2.45. The lowest BCUT2D eigenvalue weighted by molar-refractivity contribution is 1.01. The highest BCUT2D eigenvalue weighted by atomic mass is 14.4. The topological polar surface area (TPSA) is 0 Å². The van der Waals surface area contributed by atoms with E-state index in [1.54, 1.807) is 16.7 Å². The van der Waals surface area contributed by atoms with Gasteiger partial charge in [0, 0.05) is 0 Å². The van der Waals surface area contributed by atoms with Crippen LogP contribution in [0.3, 0.4) is 0 Å². The van der Waals surface area contributed by atoms with Crippen LogP contribution in [0.4, 0.5) is 0 Å². The first-order valence-electron chi connectivity index (χ1n) is 3.86. The first-order valence-corrected chi connectivity index (χ1v) is 3.86. The second-order valence-corrected chi connectivity index (χ2v) is 3.40. The molecule has 0 aromatic carbocycles. The molecule has 0 nitrogen and oxygen atoms in total. The van der Waals surface area contributed by atoms with Gasteiger partial charge in [0.15, 0.2) is 0 Å². The SMILES string of the molecule is C1=C(C2CC2)C2=C(C1)C2. The lowest BCUT2D eigenvalue weighted by atomic mass is 10.1. The van der Waals surface area contributed by atoms with Gasteiger partial charge in [-0.2, -0.15) is 0 Å². The Kier molecular flexibility index (Phi) is 0.555. The molecule has 46 valence electrons. The maximum absolute atomic E-state index is 2.45. The van der Waals surface area contributed by atoms with E-state index in [4.69, 9.17) is 0 Å². The van der Waals surface area contributed by atoms with Gasteiger partial charge in [0.2, 0.25) is 0 Å². The van der Waals surface area contributed by atoms with Gasteiger partial charge in [-0.05, 0) is 42.7 Å². The van der Waals surface area contributed by atoms with Crippen LogP contribution < -0.4 is 0 Å². The molecule has 0 unspecified atom stereocenters. The van der Waals surface area contributed by atoms with Crippen molar-refractivity contribution < 1.29 is 0 Å². The highest BCUT2D eigenvalue weighted by molar-refractivity contribution is 5.57. The molecule has 9 heavy (non-hydrogen) atoms. The number of hydrogen-bond acceptors (Lipinski definition) is 0. The zero-order valence-electron chi connectivity index (χ0n) is 5.48. The second kappa shape index (κ2) is 1.16. The molecule has 3 aliphatic rings. The molecular weight excluding hydrogens is 108 g/mol. The fraction of sp³-hybridized carbons (Fsp3) is 0.556. The van der Waals surface area contributed by atoms with E-state index < -0.39 is 0 Å². The Bertz CT molecular complexity index is 226. The summed E-state index contributed by atoms with van der Waals surface area (Å²) in [6.07, 6.45) is 8.08. The summed E-state index contributed by atoms with van der Waals surface area (Å²) in [6.45, 7) is 0. The fourth-order valence-electron chi connectivity index (χ4n) is 1.83. The minimum absolute atomic E-state index is 1.01. The van der Waals surface area contributed by atoms with Crippen molar-refractivity contribution in [2.75, 3.05) is 0 Å². The normalized spacial score (nSPS) is 30.4. The first kappa shape index (κ1) is 4.32. The zero-order valence-corrected chi connectivity index (χ0v) is 5.48. The lowest BCUT2D eigenvalue weighted by Gasteiger charge is -1.95.